The highest BCUT2D eigenvalue weighted by Crippen LogP contribution is 2.33. The third-order valence-electron chi connectivity index (χ3n) is 5.08. The average Bonchev–Trinajstić information content (AvgIpc) is 2.63. The van der Waals surface area contributed by atoms with Crippen LogP contribution in [-0.4, -0.2) is 30.5 Å². The van der Waals surface area contributed by atoms with Crippen molar-refractivity contribution in [2.24, 2.45) is 0 Å². The Hall–Kier alpha value is -3.02. The average molecular weight is 367 g/mol. The lowest BCUT2D eigenvalue weighted by Crippen LogP contribution is -2.51. The van der Waals surface area contributed by atoms with Crippen LogP contribution in [0.4, 0.5) is 20.2 Å². The number of fused-ring (bicyclic) bond motifs is 1. The van der Waals surface area contributed by atoms with Gasteiger partial charge in [0.2, 0.25) is 5.91 Å². The second-order valence-electron chi connectivity index (χ2n) is 6.75. The number of para-hydroxylation sites is 1. The van der Waals surface area contributed by atoms with Gasteiger partial charge in [-0.05, 0) is 37.6 Å². The maximum Gasteiger partial charge on any atom is 0.246 e. The molecule has 0 atom stereocenters. The van der Waals surface area contributed by atoms with Gasteiger partial charge in [-0.2, -0.15) is 0 Å². The smallest absolute Gasteiger partial charge is 0.246 e. The van der Waals surface area contributed by atoms with Crippen LogP contribution in [0, 0.1) is 25.5 Å². The molecule has 2 aromatic carbocycles. The Morgan fingerprint density at radius 3 is 2.56 bits per heavy atom. The molecule has 0 radical (unpaired) electrons. The number of aryl methyl sites for hydroxylation is 1. The van der Waals surface area contributed by atoms with E-state index in [0.717, 1.165) is 33.9 Å². The van der Waals surface area contributed by atoms with Gasteiger partial charge in [0, 0.05) is 30.2 Å². The Morgan fingerprint density at radius 2 is 1.81 bits per heavy atom. The minimum atomic E-state index is -0.724. The lowest BCUT2D eigenvalue weighted by molar-refractivity contribution is -0.117. The van der Waals surface area contributed by atoms with E-state index in [4.69, 9.17) is 0 Å². The van der Waals surface area contributed by atoms with E-state index in [2.05, 4.69) is 4.98 Å². The van der Waals surface area contributed by atoms with Gasteiger partial charge in [-0.25, -0.2) is 8.78 Å². The molecule has 0 saturated carbocycles. The summed E-state index contributed by atoms with van der Waals surface area (Å²) in [7, 11) is 0. The van der Waals surface area contributed by atoms with Crippen LogP contribution in [0.15, 0.2) is 42.5 Å². The zero-order valence-electron chi connectivity index (χ0n) is 15.2. The first kappa shape index (κ1) is 17.4. The number of nitrogens with zero attached hydrogens (tertiary/aromatic N) is 3. The molecule has 6 heteroatoms. The molecular weight excluding hydrogens is 348 g/mol. The van der Waals surface area contributed by atoms with Gasteiger partial charge >= 0.3 is 0 Å². The zero-order chi connectivity index (χ0) is 19.1. The third-order valence-corrected chi connectivity index (χ3v) is 5.08. The highest BCUT2D eigenvalue weighted by atomic mass is 19.1. The van der Waals surface area contributed by atoms with Crippen molar-refractivity contribution in [3.8, 4) is 0 Å². The second kappa shape index (κ2) is 6.61. The molecule has 1 fully saturated rings. The Bertz CT molecular complexity index is 1050. The van der Waals surface area contributed by atoms with Gasteiger partial charge in [0.15, 0.2) is 0 Å². The molecule has 0 unspecified atom stereocenters. The maximum absolute atomic E-state index is 14.1. The second-order valence-corrected chi connectivity index (χ2v) is 6.75. The van der Waals surface area contributed by atoms with E-state index in [1.54, 1.807) is 0 Å². The number of hydrogen-bond acceptors (Lipinski definition) is 3. The molecule has 4 rings (SSSR count). The van der Waals surface area contributed by atoms with Crippen molar-refractivity contribution in [2.45, 2.75) is 13.8 Å². The number of aromatic nitrogens is 1. The fourth-order valence-electron chi connectivity index (χ4n) is 3.64. The van der Waals surface area contributed by atoms with Crippen molar-refractivity contribution < 1.29 is 13.6 Å². The van der Waals surface area contributed by atoms with Gasteiger partial charge in [-0.3, -0.25) is 9.78 Å². The molecule has 1 aliphatic heterocycles. The predicted octanol–water partition coefficient (Wildman–Crippen LogP) is 3.98. The van der Waals surface area contributed by atoms with E-state index in [-0.39, 0.29) is 18.1 Å². The minimum Gasteiger partial charge on any atom is -0.360 e. The predicted molar refractivity (Wildman–Crippen MR) is 102 cm³/mol. The van der Waals surface area contributed by atoms with Crippen LogP contribution in [-0.2, 0) is 4.79 Å². The molecular formula is C21H19F2N3O. The van der Waals surface area contributed by atoms with Crippen molar-refractivity contribution in [3.63, 3.8) is 0 Å². The summed E-state index contributed by atoms with van der Waals surface area (Å²) < 4.78 is 27.3. The number of carbonyl (C=O) groups excluding carboxylic acids is 1. The van der Waals surface area contributed by atoms with E-state index in [1.165, 1.54) is 17.0 Å². The molecule has 1 aliphatic rings. The number of halogens is 2. The molecule has 1 aromatic heterocycles. The van der Waals surface area contributed by atoms with Crippen LogP contribution in [0.1, 0.15) is 11.3 Å². The van der Waals surface area contributed by atoms with E-state index >= 15 is 0 Å². The van der Waals surface area contributed by atoms with Crippen molar-refractivity contribution in [3.05, 3.63) is 65.4 Å². The van der Waals surface area contributed by atoms with Crippen LogP contribution >= 0.6 is 0 Å². The summed E-state index contributed by atoms with van der Waals surface area (Å²) >= 11 is 0. The van der Waals surface area contributed by atoms with E-state index in [9.17, 15) is 13.6 Å². The summed E-state index contributed by atoms with van der Waals surface area (Å²) in [5.41, 5.74) is 3.94. The topological polar surface area (TPSA) is 36.4 Å². The standard InChI is InChI=1S/C21H19F2N3O/c1-13-14(2)24-18-6-4-3-5-16(18)21(13)25-9-10-26(20(27)12-25)19-8-7-15(22)11-17(19)23/h3-8,11H,9-10,12H2,1-2H3. The first-order chi connectivity index (χ1) is 13.0. The highest BCUT2D eigenvalue weighted by Gasteiger charge is 2.29. The molecule has 1 saturated heterocycles. The van der Waals surface area contributed by atoms with Crippen molar-refractivity contribution in [1.29, 1.82) is 0 Å². The molecule has 138 valence electrons. The SMILES string of the molecule is Cc1nc2ccccc2c(N2CCN(c3ccc(F)cc3F)C(=O)C2)c1C. The molecule has 0 N–H and O–H groups in total. The molecule has 0 bridgehead atoms. The molecule has 0 aliphatic carbocycles. The summed E-state index contributed by atoms with van der Waals surface area (Å²) in [5.74, 6) is -1.60. The quantitative estimate of drug-likeness (QED) is 0.687. The number of hydrogen-bond donors (Lipinski definition) is 0. The summed E-state index contributed by atoms with van der Waals surface area (Å²) in [6.07, 6.45) is 0. The molecule has 3 aromatic rings. The molecule has 0 spiro atoms. The molecule has 1 amide bonds. The van der Waals surface area contributed by atoms with Crippen LogP contribution in [0.3, 0.4) is 0 Å². The molecule has 4 nitrogen and oxygen atoms in total. The van der Waals surface area contributed by atoms with Crippen LogP contribution in [0.5, 0.6) is 0 Å². The van der Waals surface area contributed by atoms with Crippen molar-refractivity contribution in [1.82, 2.24) is 4.98 Å². The Morgan fingerprint density at radius 1 is 1.04 bits per heavy atom. The van der Waals surface area contributed by atoms with Gasteiger partial charge < -0.3 is 9.80 Å². The van der Waals surface area contributed by atoms with Gasteiger partial charge in [0.05, 0.1) is 23.4 Å². The number of rotatable bonds is 2. The lowest BCUT2D eigenvalue weighted by atomic mass is 10.0. The number of carbonyl (C=O) groups is 1. The number of anilines is 2. The van der Waals surface area contributed by atoms with Crippen molar-refractivity contribution >= 4 is 28.2 Å². The van der Waals surface area contributed by atoms with E-state index in [1.807, 2.05) is 43.0 Å². The Labute approximate surface area is 156 Å². The monoisotopic (exact) mass is 367 g/mol. The number of benzene rings is 2. The van der Waals surface area contributed by atoms with Crippen LogP contribution in [0.2, 0.25) is 0 Å². The first-order valence-corrected chi connectivity index (χ1v) is 8.82. The largest absolute Gasteiger partial charge is 0.360 e. The Balaban J connectivity index is 1.69. The summed E-state index contributed by atoms with van der Waals surface area (Å²) in [4.78, 5) is 20.8. The molecule has 27 heavy (non-hydrogen) atoms. The summed E-state index contributed by atoms with van der Waals surface area (Å²) in [6.45, 7) is 4.97. The van der Waals surface area contributed by atoms with E-state index in [0.29, 0.717) is 13.1 Å². The number of amides is 1. The Kier molecular flexibility index (Phi) is 4.26. The number of piperazine rings is 1. The van der Waals surface area contributed by atoms with Gasteiger partial charge in [-0.1, -0.05) is 18.2 Å². The van der Waals surface area contributed by atoms with Crippen molar-refractivity contribution in [2.75, 3.05) is 29.4 Å². The van der Waals surface area contributed by atoms with Crippen LogP contribution in [0.25, 0.3) is 10.9 Å². The zero-order valence-corrected chi connectivity index (χ0v) is 15.2. The van der Waals surface area contributed by atoms with Crippen LogP contribution < -0.4 is 9.80 Å². The molecule has 2 heterocycles. The van der Waals surface area contributed by atoms with E-state index < -0.39 is 11.6 Å². The fourth-order valence-corrected chi connectivity index (χ4v) is 3.64. The number of pyridine rings is 1. The highest BCUT2D eigenvalue weighted by molar-refractivity contribution is 6.01. The fraction of sp³-hybridized carbons (Fsp3) is 0.238. The normalized spacial score (nSPS) is 14.9. The third kappa shape index (κ3) is 3.01. The van der Waals surface area contributed by atoms with Gasteiger partial charge in [0.1, 0.15) is 11.6 Å². The first-order valence-electron chi connectivity index (χ1n) is 8.82. The lowest BCUT2D eigenvalue weighted by Gasteiger charge is -2.37. The summed E-state index contributed by atoms with van der Waals surface area (Å²) in [6, 6.07) is 11.1. The maximum atomic E-state index is 14.1. The minimum absolute atomic E-state index is 0.119. The summed E-state index contributed by atoms with van der Waals surface area (Å²) in [5, 5.41) is 0.995. The van der Waals surface area contributed by atoms with Gasteiger partial charge in [0.25, 0.3) is 0 Å². The van der Waals surface area contributed by atoms with Gasteiger partial charge in [-0.15, -0.1) is 0 Å².